The fourth-order valence-corrected chi connectivity index (χ4v) is 5.69. The Balaban J connectivity index is 1.37. The molecule has 2 aliphatic heterocycles. The molecular formula is C31H33FN6O4. The molecule has 0 spiro atoms. The highest BCUT2D eigenvalue weighted by Gasteiger charge is 2.25. The van der Waals surface area contributed by atoms with Crippen LogP contribution in [0.2, 0.25) is 0 Å². The molecule has 42 heavy (non-hydrogen) atoms. The van der Waals surface area contributed by atoms with E-state index in [1.54, 1.807) is 23.2 Å². The molecular weight excluding hydrogens is 539 g/mol. The maximum atomic E-state index is 15.5. The molecule has 5 heterocycles. The molecule has 11 heteroatoms. The third kappa shape index (κ3) is 5.52. The standard InChI is InChI=1S/C31H33FN6O4/c1-42-27-16-23(32)21(15-22(27)31(41)38-11-3-2-4-12-38)25-17-26(29-24(35-25)7-10-33-30(29)40)36-28-6-5-19(18-34-28)37-13-8-20(39)9-14-37/h5-7,10,15-18,20,39H,2-4,8-9,11-14H2,1H3,(H,33,40)(H,34,35,36). The van der Waals surface area contributed by atoms with Gasteiger partial charge in [0.15, 0.2) is 0 Å². The predicted octanol–water partition coefficient (Wildman–Crippen LogP) is 4.46. The SMILES string of the molecule is COc1cc(F)c(-c2cc(Nc3ccc(N4CCC(O)CC4)cn3)c3c(=O)[nH]ccc3n2)cc1C(=O)N1CCCCC1. The summed E-state index contributed by atoms with van der Waals surface area (Å²) in [6.45, 7) is 2.79. The molecule has 2 fully saturated rings. The van der Waals surface area contributed by atoms with Crippen LogP contribution in [0.3, 0.4) is 0 Å². The maximum absolute atomic E-state index is 15.5. The first-order valence-electron chi connectivity index (χ1n) is 14.3. The Bertz CT molecular complexity index is 1660. The molecule has 0 unspecified atom stereocenters. The van der Waals surface area contributed by atoms with E-state index in [1.165, 1.54) is 25.4 Å². The van der Waals surface area contributed by atoms with Crippen molar-refractivity contribution in [3.8, 4) is 17.0 Å². The predicted molar refractivity (Wildman–Crippen MR) is 159 cm³/mol. The molecule has 2 aliphatic rings. The maximum Gasteiger partial charge on any atom is 0.259 e. The van der Waals surface area contributed by atoms with Crippen LogP contribution in [0.25, 0.3) is 22.2 Å². The Hall–Kier alpha value is -4.51. The number of carbonyl (C=O) groups excluding carboxylic acids is 1. The number of hydrogen-bond acceptors (Lipinski definition) is 8. The van der Waals surface area contributed by atoms with E-state index in [2.05, 4.69) is 25.2 Å². The van der Waals surface area contributed by atoms with Gasteiger partial charge in [-0.05, 0) is 62.4 Å². The molecule has 10 nitrogen and oxygen atoms in total. The van der Waals surface area contributed by atoms with E-state index in [-0.39, 0.29) is 40.1 Å². The summed E-state index contributed by atoms with van der Waals surface area (Å²) in [7, 11) is 1.41. The molecule has 3 aromatic heterocycles. The fraction of sp³-hybridized carbons (Fsp3) is 0.355. The minimum Gasteiger partial charge on any atom is -0.496 e. The zero-order valence-corrected chi connectivity index (χ0v) is 23.4. The van der Waals surface area contributed by atoms with E-state index < -0.39 is 5.82 Å². The number of aliphatic hydroxyl groups excluding tert-OH is 1. The van der Waals surface area contributed by atoms with Crippen molar-refractivity contribution in [2.24, 2.45) is 0 Å². The molecule has 1 amide bonds. The number of benzene rings is 1. The Morgan fingerprint density at radius 1 is 1.10 bits per heavy atom. The van der Waals surface area contributed by atoms with Gasteiger partial charge in [0.2, 0.25) is 0 Å². The number of likely N-dealkylation sites (tertiary alicyclic amines) is 1. The smallest absolute Gasteiger partial charge is 0.259 e. The highest BCUT2D eigenvalue weighted by atomic mass is 19.1. The third-order valence-corrected chi connectivity index (χ3v) is 8.01. The number of H-pyrrole nitrogens is 1. The summed E-state index contributed by atoms with van der Waals surface area (Å²) >= 11 is 0. The van der Waals surface area contributed by atoms with E-state index in [1.807, 2.05) is 12.1 Å². The van der Waals surface area contributed by atoms with E-state index in [0.717, 1.165) is 38.0 Å². The van der Waals surface area contributed by atoms with Crippen LogP contribution in [0, 0.1) is 5.82 Å². The van der Waals surface area contributed by atoms with Gasteiger partial charge in [-0.1, -0.05) is 0 Å². The average Bonchev–Trinajstić information content (AvgIpc) is 3.01. The lowest BCUT2D eigenvalue weighted by molar-refractivity contribution is 0.0721. The minimum absolute atomic E-state index is 0.122. The van der Waals surface area contributed by atoms with Gasteiger partial charge in [0.05, 0.1) is 52.9 Å². The molecule has 2 saturated heterocycles. The van der Waals surface area contributed by atoms with Crippen LogP contribution in [0.5, 0.6) is 5.75 Å². The summed E-state index contributed by atoms with van der Waals surface area (Å²) in [5.74, 6) is -0.154. The van der Waals surface area contributed by atoms with Gasteiger partial charge in [-0.15, -0.1) is 0 Å². The quantitative estimate of drug-likeness (QED) is 0.309. The van der Waals surface area contributed by atoms with Crippen molar-refractivity contribution in [3.05, 3.63) is 70.5 Å². The molecule has 6 rings (SSSR count). The van der Waals surface area contributed by atoms with Crippen LogP contribution >= 0.6 is 0 Å². The van der Waals surface area contributed by atoms with Crippen LogP contribution < -0.4 is 20.5 Å². The lowest BCUT2D eigenvalue weighted by Crippen LogP contribution is -2.35. The second kappa shape index (κ2) is 11.8. The number of nitrogens with one attached hydrogen (secondary N) is 2. The summed E-state index contributed by atoms with van der Waals surface area (Å²) in [4.78, 5) is 42.1. The highest BCUT2D eigenvalue weighted by molar-refractivity contribution is 5.99. The van der Waals surface area contributed by atoms with Gasteiger partial charge in [0.1, 0.15) is 17.4 Å². The number of aliphatic hydroxyl groups is 1. The molecule has 0 aliphatic carbocycles. The van der Waals surface area contributed by atoms with Crippen LogP contribution in [-0.2, 0) is 0 Å². The molecule has 0 radical (unpaired) electrons. The summed E-state index contributed by atoms with van der Waals surface area (Å²) in [6.07, 6.45) is 7.31. The van der Waals surface area contributed by atoms with Crippen molar-refractivity contribution in [3.63, 3.8) is 0 Å². The van der Waals surface area contributed by atoms with Crippen molar-refractivity contribution in [1.82, 2.24) is 19.9 Å². The number of aromatic nitrogens is 3. The number of carbonyl (C=O) groups is 1. The number of nitrogens with zero attached hydrogens (tertiary/aromatic N) is 4. The Labute approximate surface area is 242 Å². The fourth-order valence-electron chi connectivity index (χ4n) is 5.69. The second-order valence-corrected chi connectivity index (χ2v) is 10.8. The Kier molecular flexibility index (Phi) is 7.75. The van der Waals surface area contributed by atoms with Gasteiger partial charge in [0, 0.05) is 44.0 Å². The zero-order valence-electron chi connectivity index (χ0n) is 23.4. The minimum atomic E-state index is -0.598. The molecule has 218 valence electrons. The Morgan fingerprint density at radius 2 is 1.88 bits per heavy atom. The van der Waals surface area contributed by atoms with Gasteiger partial charge in [0.25, 0.3) is 11.5 Å². The number of halogens is 1. The summed E-state index contributed by atoms with van der Waals surface area (Å²) in [5, 5.41) is 13.3. The van der Waals surface area contributed by atoms with Crippen molar-refractivity contribution in [1.29, 1.82) is 0 Å². The number of hydrogen-bond donors (Lipinski definition) is 3. The number of fused-ring (bicyclic) bond motifs is 1. The zero-order chi connectivity index (χ0) is 29.2. The summed E-state index contributed by atoms with van der Waals surface area (Å²) < 4.78 is 20.9. The van der Waals surface area contributed by atoms with E-state index in [0.29, 0.717) is 48.3 Å². The normalized spacial score (nSPS) is 16.1. The molecule has 4 aromatic rings. The van der Waals surface area contributed by atoms with Gasteiger partial charge >= 0.3 is 0 Å². The Morgan fingerprint density at radius 3 is 2.60 bits per heavy atom. The number of anilines is 3. The van der Waals surface area contributed by atoms with E-state index in [4.69, 9.17) is 4.74 Å². The van der Waals surface area contributed by atoms with Crippen molar-refractivity contribution in [2.45, 2.75) is 38.2 Å². The number of rotatable bonds is 6. The van der Waals surface area contributed by atoms with E-state index in [9.17, 15) is 14.7 Å². The van der Waals surface area contributed by atoms with Crippen LogP contribution in [0.4, 0.5) is 21.6 Å². The number of pyridine rings is 3. The molecule has 1 aromatic carbocycles. The lowest BCUT2D eigenvalue weighted by atomic mass is 10.0. The first-order chi connectivity index (χ1) is 20.4. The first kappa shape index (κ1) is 27.6. The van der Waals surface area contributed by atoms with Crippen LogP contribution in [0.15, 0.2) is 53.6 Å². The molecule has 0 atom stereocenters. The van der Waals surface area contributed by atoms with Crippen LogP contribution in [0.1, 0.15) is 42.5 Å². The van der Waals surface area contributed by atoms with Gasteiger partial charge in [-0.25, -0.2) is 14.4 Å². The molecule has 0 bridgehead atoms. The number of amides is 1. The number of methoxy groups -OCH3 is 1. The second-order valence-electron chi connectivity index (χ2n) is 10.8. The van der Waals surface area contributed by atoms with Gasteiger partial charge < -0.3 is 29.9 Å². The van der Waals surface area contributed by atoms with E-state index >= 15 is 4.39 Å². The topological polar surface area (TPSA) is 124 Å². The highest BCUT2D eigenvalue weighted by Crippen LogP contribution is 2.34. The van der Waals surface area contributed by atoms with Crippen LogP contribution in [-0.4, -0.2) is 70.3 Å². The molecule has 0 saturated carbocycles. The number of aromatic amines is 1. The summed E-state index contributed by atoms with van der Waals surface area (Å²) in [6, 6.07) is 9.69. The number of piperidine rings is 2. The lowest BCUT2D eigenvalue weighted by Gasteiger charge is -2.31. The number of ether oxygens (including phenoxy) is 1. The van der Waals surface area contributed by atoms with Crippen molar-refractivity contribution in [2.75, 3.05) is 43.5 Å². The first-order valence-corrected chi connectivity index (χ1v) is 14.3. The largest absolute Gasteiger partial charge is 0.496 e. The summed E-state index contributed by atoms with van der Waals surface area (Å²) in [5.41, 5.74) is 1.99. The van der Waals surface area contributed by atoms with Crippen molar-refractivity contribution < 1.29 is 19.0 Å². The average molecular weight is 573 g/mol. The van der Waals surface area contributed by atoms with Crippen molar-refractivity contribution >= 4 is 34.0 Å². The third-order valence-electron chi connectivity index (χ3n) is 8.01. The van der Waals surface area contributed by atoms with Gasteiger partial charge in [-0.2, -0.15) is 0 Å². The monoisotopic (exact) mass is 572 g/mol. The van der Waals surface area contributed by atoms with Gasteiger partial charge in [-0.3, -0.25) is 9.59 Å². The molecule has 3 N–H and O–H groups in total.